The van der Waals surface area contributed by atoms with E-state index in [-0.39, 0.29) is 28.2 Å². The highest BCUT2D eigenvalue weighted by atomic mass is 35.5. The Morgan fingerprint density at radius 1 is 0.781 bits per heavy atom. The van der Waals surface area contributed by atoms with E-state index in [4.69, 9.17) is 25.2 Å². The molecule has 2 aromatic heterocycles. The SMILES string of the molecule is O=c1oc2ccccc2c(O)c1C1c2cc(Cl)ccc2Oc2c1c(=O)oc1ccccc21. The number of ether oxygens (including phenoxy) is 1. The number of halogens is 1. The van der Waals surface area contributed by atoms with E-state index in [0.717, 1.165) is 0 Å². The van der Waals surface area contributed by atoms with Gasteiger partial charge in [-0.3, -0.25) is 0 Å². The molecule has 0 bridgehead atoms. The highest BCUT2D eigenvalue weighted by molar-refractivity contribution is 6.30. The molecule has 7 heteroatoms. The Balaban J connectivity index is 1.78. The maximum Gasteiger partial charge on any atom is 0.344 e. The van der Waals surface area contributed by atoms with Gasteiger partial charge in [0.2, 0.25) is 0 Å². The lowest BCUT2D eigenvalue weighted by atomic mass is 9.82. The van der Waals surface area contributed by atoms with Crippen LogP contribution in [0.2, 0.25) is 5.02 Å². The van der Waals surface area contributed by atoms with Crippen LogP contribution >= 0.6 is 11.6 Å². The summed E-state index contributed by atoms with van der Waals surface area (Å²) in [5.41, 5.74) is -0.398. The quantitative estimate of drug-likeness (QED) is 0.335. The third-order valence-corrected chi connectivity index (χ3v) is 5.93. The molecule has 1 unspecified atom stereocenters. The Morgan fingerprint density at radius 2 is 1.41 bits per heavy atom. The molecule has 0 amide bonds. The van der Waals surface area contributed by atoms with E-state index >= 15 is 0 Å². The van der Waals surface area contributed by atoms with Crippen LogP contribution in [0.3, 0.4) is 0 Å². The van der Waals surface area contributed by atoms with E-state index < -0.39 is 17.2 Å². The zero-order chi connectivity index (χ0) is 22.0. The molecule has 6 nitrogen and oxygen atoms in total. The normalized spacial score (nSPS) is 14.7. The lowest BCUT2D eigenvalue weighted by Crippen LogP contribution is -2.24. The van der Waals surface area contributed by atoms with Gasteiger partial charge in [-0.1, -0.05) is 35.9 Å². The van der Waals surface area contributed by atoms with Gasteiger partial charge in [-0.25, -0.2) is 9.59 Å². The van der Waals surface area contributed by atoms with E-state index in [1.54, 1.807) is 66.7 Å². The predicted molar refractivity (Wildman–Crippen MR) is 119 cm³/mol. The second kappa shape index (κ2) is 6.73. The minimum Gasteiger partial charge on any atom is -0.507 e. The molecule has 1 aliphatic rings. The van der Waals surface area contributed by atoms with Gasteiger partial charge in [0.05, 0.1) is 27.8 Å². The predicted octanol–water partition coefficient (Wildman–Crippen LogP) is 5.54. The first-order valence-corrected chi connectivity index (χ1v) is 10.2. The van der Waals surface area contributed by atoms with E-state index in [1.807, 2.05) is 0 Å². The van der Waals surface area contributed by atoms with Crippen molar-refractivity contribution >= 4 is 33.5 Å². The van der Waals surface area contributed by atoms with Crippen molar-refractivity contribution in [2.45, 2.75) is 5.92 Å². The summed E-state index contributed by atoms with van der Waals surface area (Å²) >= 11 is 6.24. The fourth-order valence-corrected chi connectivity index (χ4v) is 4.48. The van der Waals surface area contributed by atoms with E-state index in [2.05, 4.69) is 0 Å². The van der Waals surface area contributed by atoms with Crippen LogP contribution in [0.4, 0.5) is 0 Å². The van der Waals surface area contributed by atoms with Crippen molar-refractivity contribution in [3.63, 3.8) is 0 Å². The molecule has 0 aliphatic carbocycles. The highest BCUT2D eigenvalue weighted by Crippen LogP contribution is 2.50. The summed E-state index contributed by atoms with van der Waals surface area (Å²) in [5, 5.41) is 12.4. The summed E-state index contributed by atoms with van der Waals surface area (Å²) in [5.74, 6) is -0.597. The molecule has 6 rings (SSSR count). The summed E-state index contributed by atoms with van der Waals surface area (Å²) in [6.45, 7) is 0. The Hall–Kier alpha value is -4.03. The van der Waals surface area contributed by atoms with Gasteiger partial charge in [0.25, 0.3) is 0 Å². The summed E-state index contributed by atoms with van der Waals surface area (Å²) in [7, 11) is 0. The molecule has 1 atom stereocenters. The lowest BCUT2D eigenvalue weighted by molar-refractivity contribution is 0.425. The molecule has 1 N–H and O–H groups in total. The Bertz CT molecular complexity index is 1660. The number of fused-ring (bicyclic) bond motifs is 5. The molecule has 156 valence electrons. The highest BCUT2D eigenvalue weighted by Gasteiger charge is 2.38. The van der Waals surface area contributed by atoms with Crippen LogP contribution in [-0.4, -0.2) is 5.11 Å². The molecule has 3 aromatic carbocycles. The smallest absolute Gasteiger partial charge is 0.344 e. The first kappa shape index (κ1) is 18.7. The Morgan fingerprint density at radius 3 is 2.16 bits per heavy atom. The van der Waals surface area contributed by atoms with Crippen LogP contribution in [-0.2, 0) is 0 Å². The largest absolute Gasteiger partial charge is 0.507 e. The third-order valence-electron chi connectivity index (χ3n) is 5.69. The fraction of sp³-hybridized carbons (Fsp3) is 0.0400. The van der Waals surface area contributed by atoms with Gasteiger partial charge in [0, 0.05) is 10.6 Å². The average Bonchev–Trinajstić information content (AvgIpc) is 2.79. The van der Waals surface area contributed by atoms with Crippen molar-refractivity contribution in [3.8, 4) is 17.2 Å². The van der Waals surface area contributed by atoms with Gasteiger partial charge in [-0.2, -0.15) is 0 Å². The number of aromatic hydroxyl groups is 1. The molecule has 0 radical (unpaired) electrons. The zero-order valence-electron chi connectivity index (χ0n) is 16.3. The van der Waals surface area contributed by atoms with Gasteiger partial charge in [0.1, 0.15) is 28.4 Å². The zero-order valence-corrected chi connectivity index (χ0v) is 17.1. The number of benzene rings is 3. The van der Waals surface area contributed by atoms with Crippen molar-refractivity contribution in [2.24, 2.45) is 0 Å². The van der Waals surface area contributed by atoms with Crippen LogP contribution in [0.25, 0.3) is 21.9 Å². The van der Waals surface area contributed by atoms with Gasteiger partial charge >= 0.3 is 11.3 Å². The van der Waals surface area contributed by atoms with Gasteiger partial charge in [-0.05, 0) is 42.5 Å². The number of para-hydroxylation sites is 2. The van der Waals surface area contributed by atoms with Crippen LogP contribution in [0.1, 0.15) is 22.6 Å². The molecule has 0 spiro atoms. The summed E-state index contributed by atoms with van der Waals surface area (Å²) in [6, 6.07) is 18.5. The molecular formula is C25H13ClO6. The molecule has 0 saturated carbocycles. The minimum absolute atomic E-state index is 0.0839. The molecule has 5 aromatic rings. The molecule has 1 aliphatic heterocycles. The van der Waals surface area contributed by atoms with Crippen molar-refractivity contribution in [3.05, 3.63) is 109 Å². The van der Waals surface area contributed by atoms with Crippen LogP contribution < -0.4 is 16.0 Å². The van der Waals surface area contributed by atoms with E-state index in [0.29, 0.717) is 32.7 Å². The first-order valence-electron chi connectivity index (χ1n) is 9.80. The van der Waals surface area contributed by atoms with E-state index in [1.165, 1.54) is 0 Å². The molecule has 32 heavy (non-hydrogen) atoms. The standard InChI is InChI=1S/C25H13ClO6/c26-12-9-10-18-15(11-12)19(20-22(27)13-5-1-3-7-16(13)31-24(20)28)21-23(30-18)14-6-2-4-8-17(14)32-25(21)29/h1-11,19,27H. The summed E-state index contributed by atoms with van der Waals surface area (Å²) in [4.78, 5) is 26.2. The maximum atomic E-state index is 13.1. The van der Waals surface area contributed by atoms with Crippen molar-refractivity contribution in [2.75, 3.05) is 0 Å². The Kier molecular flexibility index (Phi) is 3.94. The summed E-state index contributed by atoms with van der Waals surface area (Å²) < 4.78 is 17.1. The van der Waals surface area contributed by atoms with Gasteiger partial charge in [-0.15, -0.1) is 0 Å². The second-order valence-corrected chi connectivity index (χ2v) is 7.93. The Labute approximate surface area is 184 Å². The van der Waals surface area contributed by atoms with Crippen molar-refractivity contribution in [1.29, 1.82) is 0 Å². The van der Waals surface area contributed by atoms with Crippen LogP contribution in [0, 0.1) is 0 Å². The molecule has 0 fully saturated rings. The fourth-order valence-electron chi connectivity index (χ4n) is 4.30. The minimum atomic E-state index is -1.01. The van der Waals surface area contributed by atoms with Crippen LogP contribution in [0.15, 0.2) is 85.2 Å². The average molecular weight is 445 g/mol. The topological polar surface area (TPSA) is 89.9 Å². The third kappa shape index (κ3) is 2.60. The lowest BCUT2D eigenvalue weighted by Gasteiger charge is -2.28. The maximum absolute atomic E-state index is 13.1. The van der Waals surface area contributed by atoms with Crippen molar-refractivity contribution < 1.29 is 18.7 Å². The number of hydrogen-bond acceptors (Lipinski definition) is 6. The second-order valence-electron chi connectivity index (χ2n) is 7.49. The molecule has 0 saturated heterocycles. The first-order chi connectivity index (χ1) is 15.5. The van der Waals surface area contributed by atoms with Gasteiger partial charge < -0.3 is 18.7 Å². The molecular weight excluding hydrogens is 432 g/mol. The summed E-state index contributed by atoms with van der Waals surface area (Å²) in [6.07, 6.45) is 0. The van der Waals surface area contributed by atoms with Crippen LogP contribution in [0.5, 0.6) is 17.2 Å². The van der Waals surface area contributed by atoms with Crippen molar-refractivity contribution in [1.82, 2.24) is 0 Å². The molecule has 3 heterocycles. The van der Waals surface area contributed by atoms with E-state index in [9.17, 15) is 14.7 Å². The number of rotatable bonds is 1. The van der Waals surface area contributed by atoms with Gasteiger partial charge in [0.15, 0.2) is 0 Å². The monoisotopic (exact) mass is 444 g/mol. The number of hydrogen-bond donors (Lipinski definition) is 1.